The van der Waals surface area contributed by atoms with E-state index in [-0.39, 0.29) is 6.17 Å². The van der Waals surface area contributed by atoms with Crippen LogP contribution in [0.4, 0.5) is 0 Å². The maximum Gasteiger partial charge on any atom is 0.159 e. The Balaban J connectivity index is 1.11. The highest BCUT2D eigenvalue weighted by molar-refractivity contribution is 6.22. The smallest absolute Gasteiger partial charge is 0.159 e. The number of hydrogen-bond donors (Lipinski definition) is 1. The molecule has 1 unspecified atom stereocenters. The average Bonchev–Trinajstić information content (AvgIpc) is 3.56. The molecule has 0 saturated carbocycles. The van der Waals surface area contributed by atoms with Crippen molar-refractivity contribution in [1.82, 2.24) is 5.32 Å². The third-order valence-electron chi connectivity index (χ3n) is 9.71. The third kappa shape index (κ3) is 4.61. The van der Waals surface area contributed by atoms with Crippen molar-refractivity contribution < 1.29 is 4.42 Å². The van der Waals surface area contributed by atoms with Crippen molar-refractivity contribution in [2.75, 3.05) is 0 Å². The van der Waals surface area contributed by atoms with Crippen molar-refractivity contribution in [2.45, 2.75) is 6.17 Å². The molecule has 0 fully saturated rings. The minimum absolute atomic E-state index is 0.334. The molecule has 0 aliphatic carbocycles. The molecule has 9 aromatic rings. The minimum Gasteiger partial charge on any atom is -0.456 e. The highest BCUT2D eigenvalue weighted by Gasteiger charge is 2.23. The van der Waals surface area contributed by atoms with E-state index in [4.69, 9.17) is 14.4 Å². The Morgan fingerprint density at radius 3 is 2.00 bits per heavy atom. The Hall–Kier alpha value is -6.52. The standard InChI is InChI=1S/C45H29N3O/c1-2-11-31-26-33(25-20-28(31)10-1)44-46-43(47-45(48-44)39-27-32-12-3-4-13-34(32)36-14-5-6-15-37(36)39)30-23-21-29(22-24-30)35-17-9-19-41-42(35)38-16-7-8-18-40(38)49-41/h1-27,43H,(H,46,47,48). The van der Waals surface area contributed by atoms with Crippen molar-refractivity contribution >= 4 is 65.9 Å². The number of aliphatic imine (C=N–C) groups is 2. The fraction of sp³-hybridized carbons (Fsp3) is 0.0222. The Morgan fingerprint density at radius 2 is 1.14 bits per heavy atom. The number of amidine groups is 2. The Kier molecular flexibility index (Phi) is 6.21. The summed E-state index contributed by atoms with van der Waals surface area (Å²) in [5.41, 5.74) is 7.18. The lowest BCUT2D eigenvalue weighted by molar-refractivity contribution is 0.669. The molecule has 1 aliphatic rings. The van der Waals surface area contributed by atoms with Crippen LogP contribution in [0.25, 0.3) is 65.4 Å². The van der Waals surface area contributed by atoms with Crippen LogP contribution < -0.4 is 5.32 Å². The second-order valence-electron chi connectivity index (χ2n) is 12.6. The molecule has 1 N–H and O–H groups in total. The second kappa shape index (κ2) is 11.0. The van der Waals surface area contributed by atoms with Gasteiger partial charge in [-0.05, 0) is 73.3 Å². The van der Waals surface area contributed by atoms with Crippen LogP contribution in [0.5, 0.6) is 0 Å². The van der Waals surface area contributed by atoms with Gasteiger partial charge in [0.2, 0.25) is 0 Å². The molecule has 8 aromatic carbocycles. The molecule has 0 radical (unpaired) electrons. The fourth-order valence-corrected chi connectivity index (χ4v) is 7.32. The molecule has 0 amide bonds. The molecule has 10 rings (SSSR count). The summed E-state index contributed by atoms with van der Waals surface area (Å²) < 4.78 is 6.18. The van der Waals surface area contributed by atoms with Gasteiger partial charge in [-0.2, -0.15) is 0 Å². The molecule has 0 saturated heterocycles. The van der Waals surface area contributed by atoms with Gasteiger partial charge in [-0.3, -0.25) is 0 Å². The van der Waals surface area contributed by atoms with Gasteiger partial charge in [-0.15, -0.1) is 0 Å². The first-order valence-electron chi connectivity index (χ1n) is 16.6. The van der Waals surface area contributed by atoms with E-state index in [0.29, 0.717) is 5.84 Å². The molecule has 2 heterocycles. The normalized spacial score (nSPS) is 14.7. The van der Waals surface area contributed by atoms with Gasteiger partial charge in [0, 0.05) is 21.9 Å². The van der Waals surface area contributed by atoms with Crippen molar-refractivity contribution in [3.63, 3.8) is 0 Å². The zero-order valence-electron chi connectivity index (χ0n) is 26.5. The molecule has 4 nitrogen and oxygen atoms in total. The quantitative estimate of drug-likeness (QED) is 0.197. The van der Waals surface area contributed by atoms with Crippen LogP contribution >= 0.6 is 0 Å². The van der Waals surface area contributed by atoms with Crippen LogP contribution in [0, 0.1) is 0 Å². The lowest BCUT2D eigenvalue weighted by Gasteiger charge is -2.25. The number of rotatable bonds is 4. The maximum absolute atomic E-state index is 6.18. The van der Waals surface area contributed by atoms with E-state index in [9.17, 15) is 0 Å². The van der Waals surface area contributed by atoms with Crippen LogP contribution in [0.15, 0.2) is 178 Å². The van der Waals surface area contributed by atoms with Gasteiger partial charge in [-0.25, -0.2) is 9.98 Å². The molecular formula is C45H29N3O. The zero-order valence-corrected chi connectivity index (χ0v) is 26.5. The lowest BCUT2D eigenvalue weighted by Crippen LogP contribution is -2.33. The highest BCUT2D eigenvalue weighted by Crippen LogP contribution is 2.37. The molecule has 1 aliphatic heterocycles. The number of nitrogens with zero attached hydrogens (tertiary/aromatic N) is 2. The van der Waals surface area contributed by atoms with Crippen LogP contribution in [0.2, 0.25) is 0 Å². The number of nitrogens with one attached hydrogen (secondary N) is 1. The zero-order chi connectivity index (χ0) is 32.3. The van der Waals surface area contributed by atoms with E-state index in [0.717, 1.165) is 66.4 Å². The highest BCUT2D eigenvalue weighted by atomic mass is 16.3. The van der Waals surface area contributed by atoms with Crippen LogP contribution in [-0.4, -0.2) is 11.7 Å². The lowest BCUT2D eigenvalue weighted by atomic mass is 9.96. The minimum atomic E-state index is -0.334. The predicted octanol–water partition coefficient (Wildman–Crippen LogP) is 11.2. The number of fused-ring (bicyclic) bond motifs is 7. The molecule has 1 aromatic heterocycles. The molecule has 0 spiro atoms. The molecule has 0 bridgehead atoms. The topological polar surface area (TPSA) is 49.9 Å². The summed E-state index contributed by atoms with van der Waals surface area (Å²) in [6, 6.07) is 57.5. The maximum atomic E-state index is 6.18. The summed E-state index contributed by atoms with van der Waals surface area (Å²) >= 11 is 0. The summed E-state index contributed by atoms with van der Waals surface area (Å²) in [4.78, 5) is 10.5. The summed E-state index contributed by atoms with van der Waals surface area (Å²) in [7, 11) is 0. The van der Waals surface area contributed by atoms with E-state index in [2.05, 4.69) is 151 Å². The summed E-state index contributed by atoms with van der Waals surface area (Å²) in [5, 5.41) is 13.1. The van der Waals surface area contributed by atoms with E-state index in [1.807, 2.05) is 18.2 Å². The van der Waals surface area contributed by atoms with Gasteiger partial charge in [0.1, 0.15) is 23.2 Å². The largest absolute Gasteiger partial charge is 0.456 e. The summed E-state index contributed by atoms with van der Waals surface area (Å²) in [5.74, 6) is 1.52. The predicted molar refractivity (Wildman–Crippen MR) is 204 cm³/mol. The van der Waals surface area contributed by atoms with E-state index in [1.54, 1.807) is 0 Å². The first-order chi connectivity index (χ1) is 24.3. The molecular weight excluding hydrogens is 599 g/mol. The van der Waals surface area contributed by atoms with Crippen molar-refractivity contribution in [3.05, 3.63) is 180 Å². The SMILES string of the molecule is c1ccc2cc(C3=NC(c4ccc(-c5cccc6oc7ccccc7c56)cc4)NC(c4cc5ccccc5c5ccccc45)=N3)ccc2c1. The Bertz CT molecular complexity index is 2810. The van der Waals surface area contributed by atoms with Gasteiger partial charge in [0.15, 0.2) is 5.84 Å². The van der Waals surface area contributed by atoms with Crippen molar-refractivity contribution in [2.24, 2.45) is 9.98 Å². The first kappa shape index (κ1) is 27.6. The number of para-hydroxylation sites is 1. The molecule has 1 atom stereocenters. The average molecular weight is 628 g/mol. The van der Waals surface area contributed by atoms with Crippen molar-refractivity contribution in [1.29, 1.82) is 0 Å². The first-order valence-corrected chi connectivity index (χ1v) is 16.6. The summed E-state index contributed by atoms with van der Waals surface area (Å²) in [6.07, 6.45) is -0.334. The van der Waals surface area contributed by atoms with E-state index in [1.165, 1.54) is 21.5 Å². The van der Waals surface area contributed by atoms with Gasteiger partial charge in [0.05, 0.1) is 0 Å². The Labute approximate surface area is 282 Å². The number of hydrogen-bond acceptors (Lipinski definition) is 4. The van der Waals surface area contributed by atoms with Gasteiger partial charge in [0.25, 0.3) is 0 Å². The fourth-order valence-electron chi connectivity index (χ4n) is 7.32. The van der Waals surface area contributed by atoms with Crippen molar-refractivity contribution in [3.8, 4) is 11.1 Å². The van der Waals surface area contributed by atoms with E-state index >= 15 is 0 Å². The van der Waals surface area contributed by atoms with Crippen LogP contribution in [-0.2, 0) is 0 Å². The van der Waals surface area contributed by atoms with Gasteiger partial charge in [-0.1, -0.05) is 140 Å². The second-order valence-corrected chi connectivity index (χ2v) is 12.6. The molecule has 4 heteroatoms. The van der Waals surface area contributed by atoms with E-state index < -0.39 is 0 Å². The monoisotopic (exact) mass is 627 g/mol. The molecule has 230 valence electrons. The van der Waals surface area contributed by atoms with Gasteiger partial charge >= 0.3 is 0 Å². The van der Waals surface area contributed by atoms with Crippen LogP contribution in [0.1, 0.15) is 22.9 Å². The van der Waals surface area contributed by atoms with Crippen LogP contribution in [0.3, 0.4) is 0 Å². The number of furan rings is 1. The molecule has 49 heavy (non-hydrogen) atoms. The third-order valence-corrected chi connectivity index (χ3v) is 9.71. The summed E-state index contributed by atoms with van der Waals surface area (Å²) in [6.45, 7) is 0. The Morgan fingerprint density at radius 1 is 0.469 bits per heavy atom. The van der Waals surface area contributed by atoms with Gasteiger partial charge < -0.3 is 9.73 Å². The number of benzene rings is 8.